The van der Waals surface area contributed by atoms with Gasteiger partial charge in [0, 0.05) is 19.2 Å². The predicted octanol–water partition coefficient (Wildman–Crippen LogP) is 1.72. The second-order valence-corrected chi connectivity index (χ2v) is 4.55. The van der Waals surface area contributed by atoms with E-state index in [4.69, 9.17) is 4.74 Å². The lowest BCUT2D eigenvalue weighted by molar-refractivity contribution is -0.386. The summed E-state index contributed by atoms with van der Waals surface area (Å²) < 4.78 is 5.81. The van der Waals surface area contributed by atoms with Crippen LogP contribution in [-0.4, -0.2) is 29.7 Å². The average Bonchev–Trinajstić information content (AvgIpc) is 2.33. The number of nitro groups is 1. The van der Waals surface area contributed by atoms with Crippen LogP contribution < -0.4 is 5.32 Å². The lowest BCUT2D eigenvalue weighted by Crippen LogP contribution is -2.33. The van der Waals surface area contributed by atoms with Crippen molar-refractivity contribution < 1.29 is 14.8 Å². The molecule has 1 unspecified atom stereocenters. The number of hydrogen-bond donors (Lipinski definition) is 2. The first-order chi connectivity index (χ1) is 8.09. The quantitative estimate of drug-likeness (QED) is 0.642. The Morgan fingerprint density at radius 3 is 2.94 bits per heavy atom. The van der Waals surface area contributed by atoms with Crippen LogP contribution >= 0.6 is 15.9 Å². The summed E-state index contributed by atoms with van der Waals surface area (Å²) in [7, 11) is 0. The number of phenolic OH excluding ortho intramolecular Hbond substituents is 1. The molecule has 17 heavy (non-hydrogen) atoms. The molecule has 1 aromatic carbocycles. The second kappa shape index (κ2) is 4.99. The Morgan fingerprint density at radius 2 is 2.35 bits per heavy atom. The molecule has 0 radical (unpaired) electrons. The van der Waals surface area contributed by atoms with E-state index in [2.05, 4.69) is 21.2 Å². The molecule has 1 atom stereocenters. The molecule has 1 heterocycles. The summed E-state index contributed by atoms with van der Waals surface area (Å²) in [6.45, 7) is 1.95. The summed E-state index contributed by atoms with van der Waals surface area (Å²) in [6, 6.07) is 2.98. The maximum Gasteiger partial charge on any atom is 0.312 e. The fraction of sp³-hybridized carbons (Fsp3) is 0.400. The van der Waals surface area contributed by atoms with Gasteiger partial charge < -0.3 is 15.2 Å². The molecule has 1 fully saturated rings. The van der Waals surface area contributed by atoms with E-state index in [0.29, 0.717) is 23.2 Å². The first-order valence-electron chi connectivity index (χ1n) is 5.08. The maximum atomic E-state index is 10.8. The summed E-state index contributed by atoms with van der Waals surface area (Å²) >= 11 is 3.10. The third-order valence-corrected chi connectivity index (χ3v) is 3.17. The number of rotatable bonds is 2. The number of halogens is 1. The maximum absolute atomic E-state index is 10.8. The van der Waals surface area contributed by atoms with Gasteiger partial charge in [0.1, 0.15) is 0 Å². The van der Waals surface area contributed by atoms with Gasteiger partial charge in [0.2, 0.25) is 5.75 Å². The zero-order chi connectivity index (χ0) is 12.4. The highest BCUT2D eigenvalue weighted by atomic mass is 79.9. The standard InChI is InChI=1S/C10H11BrN2O4/c11-7-3-6(9-5-12-1-2-17-9)4-8(10(7)14)13(15)16/h3-4,9,12,14H,1-2,5H2. The molecule has 1 aliphatic rings. The van der Waals surface area contributed by atoms with Crippen molar-refractivity contribution in [2.75, 3.05) is 19.7 Å². The number of morpholine rings is 1. The second-order valence-electron chi connectivity index (χ2n) is 3.69. The van der Waals surface area contributed by atoms with Crippen molar-refractivity contribution in [1.29, 1.82) is 0 Å². The molecule has 1 aromatic rings. The van der Waals surface area contributed by atoms with E-state index in [1.54, 1.807) is 6.07 Å². The summed E-state index contributed by atoms with van der Waals surface area (Å²) in [5.41, 5.74) is 0.358. The van der Waals surface area contributed by atoms with Crippen molar-refractivity contribution in [2.45, 2.75) is 6.10 Å². The highest BCUT2D eigenvalue weighted by Gasteiger charge is 2.23. The zero-order valence-electron chi connectivity index (χ0n) is 8.85. The SMILES string of the molecule is O=[N+]([O-])c1cc(C2CNCCO2)cc(Br)c1O. The topological polar surface area (TPSA) is 84.6 Å². The average molecular weight is 303 g/mol. The lowest BCUT2D eigenvalue weighted by atomic mass is 10.1. The van der Waals surface area contributed by atoms with Gasteiger partial charge in [-0.15, -0.1) is 0 Å². The largest absolute Gasteiger partial charge is 0.501 e. The zero-order valence-corrected chi connectivity index (χ0v) is 10.4. The van der Waals surface area contributed by atoms with Crippen molar-refractivity contribution in [3.05, 3.63) is 32.3 Å². The van der Waals surface area contributed by atoms with E-state index in [9.17, 15) is 15.2 Å². The van der Waals surface area contributed by atoms with Gasteiger partial charge in [-0.1, -0.05) is 0 Å². The molecule has 2 rings (SSSR count). The van der Waals surface area contributed by atoms with Crippen LogP contribution in [-0.2, 0) is 4.74 Å². The van der Waals surface area contributed by atoms with Gasteiger partial charge in [-0.05, 0) is 27.6 Å². The molecule has 0 spiro atoms. The molecule has 7 heteroatoms. The molecule has 0 bridgehead atoms. The first kappa shape index (κ1) is 12.3. The van der Waals surface area contributed by atoms with Crippen LogP contribution in [0.3, 0.4) is 0 Å². The van der Waals surface area contributed by atoms with Crippen molar-refractivity contribution in [2.24, 2.45) is 0 Å². The Kier molecular flexibility index (Phi) is 3.60. The minimum atomic E-state index is -0.611. The Labute approximate surface area is 106 Å². The molecule has 2 N–H and O–H groups in total. The van der Waals surface area contributed by atoms with Gasteiger partial charge in [-0.3, -0.25) is 10.1 Å². The van der Waals surface area contributed by atoms with E-state index >= 15 is 0 Å². The number of nitrogens with zero attached hydrogens (tertiary/aromatic N) is 1. The van der Waals surface area contributed by atoms with Crippen LogP contribution in [0.25, 0.3) is 0 Å². The van der Waals surface area contributed by atoms with Crippen LogP contribution in [0.2, 0.25) is 0 Å². The Balaban J connectivity index is 2.37. The van der Waals surface area contributed by atoms with Gasteiger partial charge in [-0.2, -0.15) is 0 Å². The number of nitro benzene ring substituents is 1. The summed E-state index contributed by atoms with van der Waals surface area (Å²) in [6.07, 6.45) is -0.223. The molecule has 1 aliphatic heterocycles. The molecular formula is C10H11BrN2O4. The number of benzene rings is 1. The first-order valence-corrected chi connectivity index (χ1v) is 5.88. The van der Waals surface area contributed by atoms with Crippen LogP contribution in [0, 0.1) is 10.1 Å². The number of nitrogens with one attached hydrogen (secondary N) is 1. The van der Waals surface area contributed by atoms with Crippen molar-refractivity contribution in [3.63, 3.8) is 0 Å². The Bertz CT molecular complexity index is 446. The van der Waals surface area contributed by atoms with Gasteiger partial charge in [0.15, 0.2) is 0 Å². The van der Waals surface area contributed by atoms with Crippen LogP contribution in [0.4, 0.5) is 5.69 Å². The van der Waals surface area contributed by atoms with Gasteiger partial charge in [0.05, 0.1) is 22.1 Å². The van der Waals surface area contributed by atoms with E-state index < -0.39 is 4.92 Å². The number of aromatic hydroxyl groups is 1. The van der Waals surface area contributed by atoms with Crippen LogP contribution in [0.5, 0.6) is 5.75 Å². The lowest BCUT2D eigenvalue weighted by Gasteiger charge is -2.24. The smallest absolute Gasteiger partial charge is 0.312 e. The summed E-state index contributed by atoms with van der Waals surface area (Å²) in [5.74, 6) is -0.359. The normalized spacial score (nSPS) is 20.2. The van der Waals surface area contributed by atoms with E-state index in [1.165, 1.54) is 6.07 Å². The van der Waals surface area contributed by atoms with Gasteiger partial charge in [-0.25, -0.2) is 0 Å². The number of ether oxygens (including phenoxy) is 1. The van der Waals surface area contributed by atoms with Crippen LogP contribution in [0.1, 0.15) is 11.7 Å². The number of phenols is 1. The van der Waals surface area contributed by atoms with Crippen molar-refractivity contribution in [3.8, 4) is 5.75 Å². The van der Waals surface area contributed by atoms with E-state index in [1.807, 2.05) is 0 Å². The third kappa shape index (κ3) is 2.56. The van der Waals surface area contributed by atoms with Crippen LogP contribution in [0.15, 0.2) is 16.6 Å². The molecule has 92 valence electrons. The Morgan fingerprint density at radius 1 is 1.59 bits per heavy atom. The monoisotopic (exact) mass is 302 g/mol. The highest BCUT2D eigenvalue weighted by molar-refractivity contribution is 9.10. The molecule has 0 saturated carbocycles. The molecule has 0 aromatic heterocycles. The fourth-order valence-corrected chi connectivity index (χ4v) is 2.18. The summed E-state index contributed by atoms with van der Waals surface area (Å²) in [4.78, 5) is 10.2. The fourth-order valence-electron chi connectivity index (χ4n) is 1.71. The highest BCUT2D eigenvalue weighted by Crippen LogP contribution is 2.37. The van der Waals surface area contributed by atoms with Gasteiger partial charge >= 0.3 is 5.69 Å². The molecular weight excluding hydrogens is 292 g/mol. The molecule has 0 aliphatic carbocycles. The predicted molar refractivity (Wildman–Crippen MR) is 64.0 cm³/mol. The van der Waals surface area contributed by atoms with Crippen molar-refractivity contribution in [1.82, 2.24) is 5.32 Å². The summed E-state index contributed by atoms with van der Waals surface area (Å²) in [5, 5.41) is 23.5. The molecule has 6 nitrogen and oxygen atoms in total. The molecule has 0 amide bonds. The van der Waals surface area contributed by atoms with Crippen molar-refractivity contribution >= 4 is 21.6 Å². The number of hydrogen-bond acceptors (Lipinski definition) is 5. The third-order valence-electron chi connectivity index (χ3n) is 2.56. The van der Waals surface area contributed by atoms with E-state index in [-0.39, 0.29) is 17.5 Å². The minimum absolute atomic E-state index is 0.223. The molecule has 1 saturated heterocycles. The van der Waals surface area contributed by atoms with Gasteiger partial charge in [0.25, 0.3) is 0 Å². The Hall–Kier alpha value is -1.18. The van der Waals surface area contributed by atoms with E-state index in [0.717, 1.165) is 6.54 Å². The minimum Gasteiger partial charge on any atom is -0.501 e.